The number of hydrazine groups is 1. The number of rotatable bonds is 5. The number of hydrogen-bond donors (Lipinski definition) is 3. The van der Waals surface area contributed by atoms with Crippen LogP contribution in [0.4, 0.5) is 0 Å². The molecule has 0 heterocycles. The second-order valence-electron chi connectivity index (χ2n) is 6.40. The van der Waals surface area contributed by atoms with Crippen LogP contribution in [0.15, 0.2) is 60.7 Å². The number of carbonyl (C=O) groups excluding carboxylic acids is 2. The van der Waals surface area contributed by atoms with E-state index < -0.39 is 5.91 Å². The van der Waals surface area contributed by atoms with Gasteiger partial charge in [0.15, 0.2) is 5.11 Å². The zero-order valence-electron chi connectivity index (χ0n) is 15.3. The van der Waals surface area contributed by atoms with Gasteiger partial charge in [-0.3, -0.25) is 25.8 Å². The number of ether oxygens (including phenoxy) is 1. The average Bonchev–Trinajstić information content (AvgIpc) is 3.52. The van der Waals surface area contributed by atoms with Gasteiger partial charge in [-0.25, -0.2) is 0 Å². The number of amides is 2. The summed E-state index contributed by atoms with van der Waals surface area (Å²) in [6.07, 6.45) is 3.83. The molecule has 0 spiro atoms. The zero-order valence-corrected chi connectivity index (χ0v) is 16.2. The van der Waals surface area contributed by atoms with Gasteiger partial charge < -0.3 is 4.74 Å². The van der Waals surface area contributed by atoms with Gasteiger partial charge in [0.05, 0.1) is 7.11 Å². The van der Waals surface area contributed by atoms with Crippen molar-refractivity contribution in [2.75, 3.05) is 7.11 Å². The molecule has 2 aromatic rings. The molecule has 0 aromatic heterocycles. The molecule has 144 valence electrons. The molecule has 0 unspecified atom stereocenters. The van der Waals surface area contributed by atoms with Crippen LogP contribution in [-0.4, -0.2) is 24.0 Å². The lowest BCUT2D eigenvalue weighted by Gasteiger charge is -2.09. The first-order valence-electron chi connectivity index (χ1n) is 8.84. The maximum absolute atomic E-state index is 12.2. The lowest BCUT2D eigenvalue weighted by Crippen LogP contribution is -2.48. The van der Waals surface area contributed by atoms with Crippen molar-refractivity contribution < 1.29 is 14.3 Å². The standard InChI is InChI=1S/C21H21N3O3S/c1-27-16-10-7-14(8-11-16)9-12-19(25)22-21(28)24-23-20(26)18-13-17(18)15-5-3-2-4-6-15/h2-12,17-18H,13H2,1H3,(H,23,26)(H2,22,24,25,28)/b12-9+/t17-,18+/m0/s1. The molecule has 0 bridgehead atoms. The highest BCUT2D eigenvalue weighted by molar-refractivity contribution is 7.80. The first kappa shape index (κ1) is 19.6. The Labute approximate surface area is 168 Å². The second-order valence-corrected chi connectivity index (χ2v) is 6.81. The minimum absolute atomic E-state index is 0.0367. The van der Waals surface area contributed by atoms with Crippen molar-refractivity contribution in [1.82, 2.24) is 16.2 Å². The number of hydrogen-bond acceptors (Lipinski definition) is 4. The van der Waals surface area contributed by atoms with Crippen LogP contribution in [0.1, 0.15) is 23.5 Å². The van der Waals surface area contributed by atoms with Gasteiger partial charge in [-0.15, -0.1) is 0 Å². The van der Waals surface area contributed by atoms with E-state index in [4.69, 9.17) is 17.0 Å². The predicted molar refractivity (Wildman–Crippen MR) is 111 cm³/mol. The quantitative estimate of drug-likeness (QED) is 0.412. The SMILES string of the molecule is COc1ccc(/C=C/C(=O)NC(=S)NNC(=O)[C@@H]2C[C@H]2c2ccccc2)cc1. The summed E-state index contributed by atoms with van der Waals surface area (Å²) in [5.41, 5.74) is 7.13. The van der Waals surface area contributed by atoms with E-state index in [9.17, 15) is 9.59 Å². The van der Waals surface area contributed by atoms with E-state index in [-0.39, 0.29) is 22.9 Å². The maximum atomic E-state index is 12.2. The molecule has 3 rings (SSSR count). The van der Waals surface area contributed by atoms with Crippen LogP contribution < -0.4 is 20.9 Å². The van der Waals surface area contributed by atoms with Gasteiger partial charge in [0.2, 0.25) is 11.8 Å². The van der Waals surface area contributed by atoms with Crippen molar-refractivity contribution in [2.45, 2.75) is 12.3 Å². The topological polar surface area (TPSA) is 79.5 Å². The highest BCUT2D eigenvalue weighted by Crippen LogP contribution is 2.47. The lowest BCUT2D eigenvalue weighted by molar-refractivity contribution is -0.123. The summed E-state index contributed by atoms with van der Waals surface area (Å²) in [4.78, 5) is 24.1. The normalized spacial score (nSPS) is 17.6. The first-order valence-corrected chi connectivity index (χ1v) is 9.25. The van der Waals surface area contributed by atoms with E-state index in [1.807, 2.05) is 42.5 Å². The van der Waals surface area contributed by atoms with Crippen molar-refractivity contribution in [3.8, 4) is 5.75 Å². The summed E-state index contributed by atoms with van der Waals surface area (Å²) in [7, 11) is 1.59. The third-order valence-corrected chi connectivity index (χ3v) is 4.64. The van der Waals surface area contributed by atoms with Gasteiger partial charge in [0.1, 0.15) is 5.75 Å². The predicted octanol–water partition coefficient (Wildman–Crippen LogP) is 2.53. The number of thiocarbonyl (C=S) groups is 1. The van der Waals surface area contributed by atoms with E-state index in [1.165, 1.54) is 6.08 Å². The number of benzene rings is 2. The molecule has 6 nitrogen and oxygen atoms in total. The van der Waals surface area contributed by atoms with Crippen LogP contribution in [0.3, 0.4) is 0 Å². The Kier molecular flexibility index (Phi) is 6.39. The maximum Gasteiger partial charge on any atom is 0.250 e. The molecule has 2 amide bonds. The van der Waals surface area contributed by atoms with Gasteiger partial charge in [-0.1, -0.05) is 42.5 Å². The Morgan fingerprint density at radius 1 is 1.07 bits per heavy atom. The minimum Gasteiger partial charge on any atom is -0.497 e. The van der Waals surface area contributed by atoms with Gasteiger partial charge in [-0.2, -0.15) is 0 Å². The second kappa shape index (κ2) is 9.14. The van der Waals surface area contributed by atoms with Gasteiger partial charge >= 0.3 is 0 Å². The van der Waals surface area contributed by atoms with Crippen LogP contribution >= 0.6 is 12.2 Å². The fourth-order valence-electron chi connectivity index (χ4n) is 2.84. The van der Waals surface area contributed by atoms with E-state index in [1.54, 1.807) is 25.3 Å². The van der Waals surface area contributed by atoms with E-state index in [0.29, 0.717) is 0 Å². The van der Waals surface area contributed by atoms with Gasteiger partial charge in [-0.05, 0) is 53.9 Å². The highest BCUT2D eigenvalue weighted by Gasteiger charge is 2.43. The molecular weight excluding hydrogens is 374 g/mol. The zero-order chi connectivity index (χ0) is 19.9. The summed E-state index contributed by atoms with van der Waals surface area (Å²) < 4.78 is 5.08. The Hall–Kier alpha value is -3.19. The van der Waals surface area contributed by atoms with E-state index in [0.717, 1.165) is 23.3 Å². The van der Waals surface area contributed by atoms with Crippen molar-refractivity contribution in [1.29, 1.82) is 0 Å². The molecular formula is C21H21N3O3S. The van der Waals surface area contributed by atoms with Crippen LogP contribution in [-0.2, 0) is 9.59 Å². The molecule has 28 heavy (non-hydrogen) atoms. The molecule has 1 fully saturated rings. The van der Waals surface area contributed by atoms with Crippen molar-refractivity contribution in [2.24, 2.45) is 5.92 Å². The Morgan fingerprint density at radius 3 is 2.46 bits per heavy atom. The summed E-state index contributed by atoms with van der Waals surface area (Å²) in [6, 6.07) is 17.2. The molecule has 0 radical (unpaired) electrons. The third kappa shape index (κ3) is 5.40. The molecule has 7 heteroatoms. The first-order chi connectivity index (χ1) is 13.6. The van der Waals surface area contributed by atoms with Crippen LogP contribution in [0, 0.1) is 5.92 Å². The average molecular weight is 395 g/mol. The molecule has 0 saturated heterocycles. The van der Waals surface area contributed by atoms with Crippen LogP contribution in [0.25, 0.3) is 6.08 Å². The van der Waals surface area contributed by atoms with Crippen molar-refractivity contribution >= 4 is 35.2 Å². The van der Waals surface area contributed by atoms with Gasteiger partial charge in [0, 0.05) is 12.0 Å². The molecule has 1 aliphatic rings. The Morgan fingerprint density at radius 2 is 1.79 bits per heavy atom. The smallest absolute Gasteiger partial charge is 0.250 e. The molecule has 2 atom stereocenters. The summed E-state index contributed by atoms with van der Waals surface area (Å²) in [6.45, 7) is 0. The number of nitrogens with one attached hydrogen (secondary N) is 3. The molecule has 3 N–H and O–H groups in total. The molecule has 1 saturated carbocycles. The molecule has 1 aliphatic carbocycles. The van der Waals surface area contributed by atoms with E-state index >= 15 is 0 Å². The molecule has 2 aromatic carbocycles. The third-order valence-electron chi connectivity index (χ3n) is 4.43. The number of carbonyl (C=O) groups is 2. The molecule has 0 aliphatic heterocycles. The van der Waals surface area contributed by atoms with E-state index in [2.05, 4.69) is 16.2 Å². The van der Waals surface area contributed by atoms with Crippen molar-refractivity contribution in [3.05, 3.63) is 71.8 Å². The Balaban J connectivity index is 1.39. The van der Waals surface area contributed by atoms with Crippen molar-refractivity contribution in [3.63, 3.8) is 0 Å². The lowest BCUT2D eigenvalue weighted by atomic mass is 10.1. The van der Waals surface area contributed by atoms with Gasteiger partial charge in [0.25, 0.3) is 0 Å². The largest absolute Gasteiger partial charge is 0.497 e. The Bertz CT molecular complexity index is 882. The monoisotopic (exact) mass is 395 g/mol. The minimum atomic E-state index is -0.392. The summed E-state index contributed by atoms with van der Waals surface area (Å²) >= 11 is 5.03. The van der Waals surface area contributed by atoms with Crippen LogP contribution in [0.2, 0.25) is 0 Å². The summed E-state index contributed by atoms with van der Waals surface area (Å²) in [5.74, 6) is 0.366. The summed E-state index contributed by atoms with van der Waals surface area (Å²) in [5, 5.41) is 2.52. The fraction of sp³-hybridized carbons (Fsp3) is 0.190. The number of methoxy groups -OCH3 is 1. The fourth-order valence-corrected chi connectivity index (χ4v) is 2.99. The van der Waals surface area contributed by atoms with Crippen LogP contribution in [0.5, 0.6) is 5.75 Å². The highest BCUT2D eigenvalue weighted by atomic mass is 32.1.